The molecule has 0 spiro atoms. The van der Waals surface area contributed by atoms with Gasteiger partial charge in [0.15, 0.2) is 0 Å². The van der Waals surface area contributed by atoms with Crippen molar-refractivity contribution in [1.82, 2.24) is 0 Å². The van der Waals surface area contributed by atoms with E-state index in [9.17, 15) is 28.8 Å². The van der Waals surface area contributed by atoms with Crippen molar-refractivity contribution in [1.29, 1.82) is 0 Å². The van der Waals surface area contributed by atoms with Crippen LogP contribution in [0, 0.1) is 17.8 Å². The Hall–Kier alpha value is -3.16. The molecule has 0 rings (SSSR count). The van der Waals surface area contributed by atoms with Crippen LogP contribution in [-0.4, -0.2) is 75.3 Å². The minimum atomic E-state index is -5.38. The molecule has 0 aliphatic rings. The summed E-state index contributed by atoms with van der Waals surface area (Å²) in [6.07, 6.45) is 15.9. The number of unbranched alkanes of at least 4 members (excludes halogenated alkanes) is 6. The van der Waals surface area contributed by atoms with Crippen molar-refractivity contribution in [2.45, 2.75) is 124 Å². The quantitative estimate of drug-likeness (QED) is 0.0272. The van der Waals surface area contributed by atoms with Crippen LogP contribution in [0.3, 0.4) is 0 Å². The predicted molar refractivity (Wildman–Crippen MR) is 190 cm³/mol. The monoisotopic (exact) mass is 816 g/mol. The van der Waals surface area contributed by atoms with Gasteiger partial charge in [-0.15, -0.1) is 0 Å². The van der Waals surface area contributed by atoms with Crippen LogP contribution < -0.4 is 0 Å². The van der Waals surface area contributed by atoms with E-state index in [1.54, 1.807) is 0 Å². The van der Waals surface area contributed by atoms with E-state index in [1.807, 2.05) is 0 Å². The van der Waals surface area contributed by atoms with E-state index in [4.69, 9.17) is 23.4 Å². The molecule has 12 nitrogen and oxygen atoms in total. The fourth-order valence-electron chi connectivity index (χ4n) is 4.28. The van der Waals surface area contributed by atoms with E-state index in [1.165, 1.54) is 0 Å². The van der Waals surface area contributed by atoms with Gasteiger partial charge in [0, 0.05) is 0 Å². The predicted octanol–water partition coefficient (Wildman–Crippen LogP) is 7.13. The second kappa shape index (κ2) is 28.5. The zero-order valence-electron chi connectivity index (χ0n) is 31.2. The van der Waals surface area contributed by atoms with Crippen molar-refractivity contribution >= 4 is 55.4 Å². The summed E-state index contributed by atoms with van der Waals surface area (Å²) < 4.78 is 31.0. The molecule has 0 aliphatic heterocycles. The normalized spacial score (nSPS) is 11.9. The van der Waals surface area contributed by atoms with Crippen LogP contribution in [0.1, 0.15) is 119 Å². The topological polar surface area (TPSA) is 158 Å². The third-order valence-electron chi connectivity index (χ3n) is 6.93. The molecular weight excluding hydrogens is 755 g/mol. The molecule has 0 heterocycles. The first-order valence-electron chi connectivity index (χ1n) is 17.8. The summed E-state index contributed by atoms with van der Waals surface area (Å²) in [6.45, 7) is 13.4. The van der Waals surface area contributed by atoms with E-state index in [2.05, 4.69) is 41.5 Å². The Bertz CT molecular complexity index is 988. The van der Waals surface area contributed by atoms with Gasteiger partial charge in [0.1, 0.15) is 0 Å². The van der Waals surface area contributed by atoms with E-state index in [-0.39, 0.29) is 19.8 Å². The van der Waals surface area contributed by atoms with Gasteiger partial charge in [-0.25, -0.2) is 0 Å². The number of ether oxygens (including phenoxy) is 3. The first-order valence-corrected chi connectivity index (χ1v) is 24.2. The van der Waals surface area contributed by atoms with Gasteiger partial charge in [0.2, 0.25) is 0 Å². The molecule has 0 radical (unpaired) electrons. The van der Waals surface area contributed by atoms with E-state index in [0.29, 0.717) is 37.0 Å². The van der Waals surface area contributed by atoms with Gasteiger partial charge < -0.3 is 0 Å². The third kappa shape index (κ3) is 29.7. The third-order valence-corrected chi connectivity index (χ3v) is 11.8. The minimum absolute atomic E-state index is 0.183. The number of carbonyl (C=O) groups excluding carboxylic acids is 6. The van der Waals surface area contributed by atoms with Crippen molar-refractivity contribution in [2.75, 3.05) is 19.8 Å². The number of esters is 3. The molecule has 0 unspecified atom stereocenters. The summed E-state index contributed by atoms with van der Waals surface area (Å²) in [5.41, 5.74) is 0. The summed E-state index contributed by atoms with van der Waals surface area (Å²) in [6, 6.07) is 0. The standard InChI is InChI=1S/3C12H20O4.CH3.Sn/c3*1-10(2)6-4-3-5-9-16-12(15)8-7-11(13)14;;/h3*7-8,10H,3-6,9H2,1-2H3,(H,13,14);1H3;/q;;;;+3/p-3/b3*8-7+;;. The molecule has 13 heteroatoms. The molecule has 0 bridgehead atoms. The SMILES string of the molecule is CC(C)CCCCCOC(=O)/C=C/C(=O)[O][Sn]([CH3])([O]C(=O)/C=C/C(=O)OCCCCCC(C)C)[O]C(=O)/C=C/C(=O)OCCCCCC(C)C. The Balaban J connectivity index is 5.22. The number of carbonyl (C=O) groups is 6. The van der Waals surface area contributed by atoms with E-state index in [0.717, 1.165) is 99.2 Å². The molecule has 0 saturated heterocycles. The summed E-state index contributed by atoms with van der Waals surface area (Å²) in [5, 5.41) is 0. The van der Waals surface area contributed by atoms with Gasteiger partial charge in [0.25, 0.3) is 0 Å². The first-order chi connectivity index (χ1) is 23.6. The van der Waals surface area contributed by atoms with E-state index < -0.39 is 55.4 Å². The minimum Gasteiger partial charge on any atom is -0.0628 e. The van der Waals surface area contributed by atoms with Crippen molar-refractivity contribution in [3.05, 3.63) is 36.5 Å². The Morgan fingerprint density at radius 1 is 0.400 bits per heavy atom. The van der Waals surface area contributed by atoms with E-state index >= 15 is 0 Å². The average Bonchev–Trinajstić information content (AvgIpc) is 3.02. The first kappa shape index (κ1) is 46.8. The Morgan fingerprint density at radius 2 is 0.640 bits per heavy atom. The molecule has 284 valence electrons. The molecule has 0 saturated carbocycles. The van der Waals surface area contributed by atoms with Gasteiger partial charge >= 0.3 is 264 Å². The Labute approximate surface area is 304 Å². The molecule has 0 fully saturated rings. The molecule has 50 heavy (non-hydrogen) atoms. The summed E-state index contributed by atoms with van der Waals surface area (Å²) >= 11 is -5.38. The second-order valence-electron chi connectivity index (χ2n) is 13.4. The van der Waals surface area contributed by atoms with Crippen LogP contribution in [0.25, 0.3) is 0 Å². The average molecular weight is 816 g/mol. The number of hydrogen-bond donors (Lipinski definition) is 0. The second-order valence-corrected chi connectivity index (χ2v) is 20.0. The molecule has 0 amide bonds. The van der Waals surface area contributed by atoms with Gasteiger partial charge in [-0.3, -0.25) is 0 Å². The van der Waals surface area contributed by atoms with Crippen LogP contribution in [-0.2, 0) is 52.2 Å². The fourth-order valence-corrected chi connectivity index (χ4v) is 8.35. The van der Waals surface area contributed by atoms with Gasteiger partial charge in [-0.1, -0.05) is 41.5 Å². The molecule has 0 aromatic carbocycles. The summed E-state index contributed by atoms with van der Waals surface area (Å²) in [4.78, 5) is 75.0. The Kier molecular flexibility index (Phi) is 26.7. The van der Waals surface area contributed by atoms with Crippen LogP contribution in [0.4, 0.5) is 0 Å². The Morgan fingerprint density at radius 3 is 0.880 bits per heavy atom. The van der Waals surface area contributed by atoms with Crippen molar-refractivity contribution in [3.8, 4) is 0 Å². The molecule has 0 aromatic heterocycles. The maximum absolute atomic E-state index is 12.6. The smallest absolute Gasteiger partial charge is 0.0628 e. The van der Waals surface area contributed by atoms with Crippen LogP contribution in [0.5, 0.6) is 0 Å². The molecule has 0 aromatic rings. The van der Waals surface area contributed by atoms with Crippen molar-refractivity contribution in [2.24, 2.45) is 17.8 Å². The number of rotatable bonds is 27. The van der Waals surface area contributed by atoms with Crippen LogP contribution in [0.15, 0.2) is 36.5 Å². The molecule has 0 atom stereocenters. The van der Waals surface area contributed by atoms with Crippen molar-refractivity contribution in [3.63, 3.8) is 0 Å². The van der Waals surface area contributed by atoms with Crippen molar-refractivity contribution < 1.29 is 52.2 Å². The van der Waals surface area contributed by atoms with Gasteiger partial charge in [0.05, 0.1) is 0 Å². The molecule has 0 aliphatic carbocycles. The van der Waals surface area contributed by atoms with Gasteiger partial charge in [-0.2, -0.15) is 0 Å². The fraction of sp³-hybridized carbons (Fsp3) is 0.676. The molecule has 0 N–H and O–H groups in total. The zero-order valence-corrected chi connectivity index (χ0v) is 34.1. The number of hydrogen-bond acceptors (Lipinski definition) is 12. The van der Waals surface area contributed by atoms with Gasteiger partial charge in [-0.05, 0) is 0 Å². The summed E-state index contributed by atoms with van der Waals surface area (Å²) in [7, 11) is 0. The van der Waals surface area contributed by atoms with Crippen LogP contribution in [0.2, 0.25) is 4.94 Å². The van der Waals surface area contributed by atoms with Crippen LogP contribution >= 0.6 is 0 Å². The summed E-state index contributed by atoms with van der Waals surface area (Å²) in [5.74, 6) is -3.92. The molecular formula is C37H60O12Sn. The zero-order chi connectivity index (χ0) is 37.8. The maximum atomic E-state index is 12.6.